The molecule has 0 unspecified atom stereocenters. The molecule has 0 spiro atoms. The van der Waals surface area contributed by atoms with E-state index >= 15 is 0 Å². The number of hydrogen-bond donors (Lipinski definition) is 0. The Labute approximate surface area is 210 Å². The van der Waals surface area contributed by atoms with Crippen LogP contribution in [0.2, 0.25) is 0 Å². The Bertz CT molecular complexity index is 1430. The van der Waals surface area contributed by atoms with Gasteiger partial charge in [-0.15, -0.1) is 0 Å². The largest absolute Gasteiger partial charge is 0.423 e. The number of hydrogen-bond acceptors (Lipinski definition) is 4. The van der Waals surface area contributed by atoms with E-state index in [0.717, 1.165) is 28.3 Å². The molecule has 0 fully saturated rings. The summed E-state index contributed by atoms with van der Waals surface area (Å²) in [4.78, 5) is 23.6. The summed E-state index contributed by atoms with van der Waals surface area (Å²) in [5.41, 5.74) is 6.08. The first-order chi connectivity index (χ1) is 17.6. The van der Waals surface area contributed by atoms with E-state index in [1.54, 1.807) is 25.1 Å². The third kappa shape index (κ3) is 3.83. The Morgan fingerprint density at radius 1 is 0.667 bits per heavy atom. The summed E-state index contributed by atoms with van der Waals surface area (Å²) in [6.07, 6.45) is 4.18. The zero-order valence-electron chi connectivity index (χ0n) is 19.8. The van der Waals surface area contributed by atoms with E-state index in [9.17, 15) is 9.59 Å². The third-order valence-corrected chi connectivity index (χ3v) is 6.43. The van der Waals surface area contributed by atoms with Crippen molar-refractivity contribution in [2.75, 3.05) is 0 Å². The van der Waals surface area contributed by atoms with Gasteiger partial charge in [-0.05, 0) is 64.6 Å². The van der Waals surface area contributed by atoms with E-state index < -0.39 is 17.4 Å². The topological polar surface area (TPSA) is 52.6 Å². The van der Waals surface area contributed by atoms with Crippen molar-refractivity contribution in [1.29, 1.82) is 0 Å². The van der Waals surface area contributed by atoms with Crippen molar-refractivity contribution >= 4 is 11.9 Å². The molecule has 1 aliphatic carbocycles. The lowest BCUT2D eigenvalue weighted by atomic mass is 9.68. The van der Waals surface area contributed by atoms with Gasteiger partial charge in [-0.3, -0.25) is 0 Å². The van der Waals surface area contributed by atoms with E-state index in [2.05, 4.69) is 30.8 Å². The predicted octanol–water partition coefficient (Wildman–Crippen LogP) is 6.62. The molecule has 0 bridgehead atoms. The molecule has 4 aromatic rings. The van der Waals surface area contributed by atoms with E-state index in [1.807, 2.05) is 60.7 Å². The first-order valence-electron chi connectivity index (χ1n) is 11.7. The summed E-state index contributed by atoms with van der Waals surface area (Å²) in [5.74, 6) is 0.00566. The van der Waals surface area contributed by atoms with Gasteiger partial charge in [-0.25, -0.2) is 9.59 Å². The maximum absolute atomic E-state index is 11.9. The summed E-state index contributed by atoms with van der Waals surface area (Å²) in [7, 11) is 0. The Morgan fingerprint density at radius 3 is 1.56 bits per heavy atom. The van der Waals surface area contributed by atoms with Crippen LogP contribution in [0, 0.1) is 0 Å². The molecule has 0 aliphatic heterocycles. The van der Waals surface area contributed by atoms with Gasteiger partial charge in [0.05, 0.1) is 5.41 Å². The van der Waals surface area contributed by atoms with E-state index in [0.29, 0.717) is 11.5 Å². The molecule has 36 heavy (non-hydrogen) atoms. The molecule has 4 aromatic carbocycles. The van der Waals surface area contributed by atoms with Crippen LogP contribution in [-0.4, -0.2) is 11.9 Å². The molecular weight excluding hydrogens is 448 g/mol. The molecule has 176 valence electrons. The van der Waals surface area contributed by atoms with Gasteiger partial charge in [0.2, 0.25) is 0 Å². The van der Waals surface area contributed by atoms with Gasteiger partial charge in [0.25, 0.3) is 0 Å². The Hall–Kier alpha value is -4.70. The van der Waals surface area contributed by atoms with Crippen molar-refractivity contribution in [3.63, 3.8) is 0 Å². The average Bonchev–Trinajstić information content (AvgIpc) is 3.21. The number of carbonyl (C=O) groups is 2. The molecule has 0 saturated carbocycles. The van der Waals surface area contributed by atoms with Gasteiger partial charge in [0, 0.05) is 12.2 Å². The number of allylic oxidation sites excluding steroid dienone is 1. The van der Waals surface area contributed by atoms with Crippen LogP contribution in [0.15, 0.2) is 122 Å². The Kier molecular flexibility index (Phi) is 6.09. The second-order valence-electron chi connectivity index (χ2n) is 8.44. The molecule has 1 aliphatic rings. The van der Waals surface area contributed by atoms with Crippen molar-refractivity contribution in [3.05, 3.63) is 144 Å². The fourth-order valence-electron chi connectivity index (χ4n) is 5.01. The lowest BCUT2D eigenvalue weighted by Gasteiger charge is -2.34. The van der Waals surface area contributed by atoms with Gasteiger partial charge < -0.3 is 9.47 Å². The highest BCUT2D eigenvalue weighted by atomic mass is 16.5. The van der Waals surface area contributed by atoms with Crippen LogP contribution in [0.5, 0.6) is 11.5 Å². The molecule has 0 aromatic heterocycles. The lowest BCUT2D eigenvalue weighted by molar-refractivity contribution is -0.129. The highest BCUT2D eigenvalue weighted by Gasteiger charge is 2.45. The van der Waals surface area contributed by atoms with Crippen LogP contribution in [0.4, 0.5) is 0 Å². The quantitative estimate of drug-likeness (QED) is 0.158. The van der Waals surface area contributed by atoms with Crippen LogP contribution >= 0.6 is 0 Å². The van der Waals surface area contributed by atoms with Crippen molar-refractivity contribution in [2.24, 2.45) is 0 Å². The molecule has 4 heteroatoms. The maximum Gasteiger partial charge on any atom is 0.335 e. The summed E-state index contributed by atoms with van der Waals surface area (Å²) < 4.78 is 10.8. The van der Waals surface area contributed by atoms with Crippen molar-refractivity contribution in [2.45, 2.75) is 12.3 Å². The summed E-state index contributed by atoms with van der Waals surface area (Å²) in [6.45, 7) is 5.23. The molecule has 0 saturated heterocycles. The second-order valence-corrected chi connectivity index (χ2v) is 8.44. The van der Waals surface area contributed by atoms with Gasteiger partial charge in [-0.1, -0.05) is 85.5 Å². The summed E-state index contributed by atoms with van der Waals surface area (Å²) >= 11 is 0. The Balaban J connectivity index is 1.70. The minimum atomic E-state index is -0.611. The molecule has 0 heterocycles. The second kappa shape index (κ2) is 9.51. The van der Waals surface area contributed by atoms with Gasteiger partial charge in [-0.2, -0.15) is 0 Å². The summed E-state index contributed by atoms with van der Waals surface area (Å²) in [6, 6.07) is 32.0. The van der Waals surface area contributed by atoms with Gasteiger partial charge in [0.1, 0.15) is 11.5 Å². The van der Waals surface area contributed by atoms with Crippen molar-refractivity contribution < 1.29 is 19.1 Å². The van der Waals surface area contributed by atoms with Crippen LogP contribution in [0.25, 0.3) is 11.1 Å². The van der Waals surface area contributed by atoms with Gasteiger partial charge in [0.15, 0.2) is 0 Å². The van der Waals surface area contributed by atoms with Crippen LogP contribution in [0.3, 0.4) is 0 Å². The van der Waals surface area contributed by atoms with Crippen LogP contribution in [-0.2, 0) is 15.0 Å². The fourth-order valence-corrected chi connectivity index (χ4v) is 5.01. The highest BCUT2D eigenvalue weighted by molar-refractivity contribution is 5.87. The highest BCUT2D eigenvalue weighted by Crippen LogP contribution is 2.56. The molecule has 0 radical (unpaired) electrons. The van der Waals surface area contributed by atoms with E-state index in [4.69, 9.17) is 9.47 Å². The third-order valence-electron chi connectivity index (χ3n) is 6.43. The van der Waals surface area contributed by atoms with Crippen LogP contribution < -0.4 is 9.47 Å². The number of fused-ring (bicyclic) bond motifs is 3. The van der Waals surface area contributed by atoms with Crippen molar-refractivity contribution in [1.82, 2.24) is 0 Å². The van der Waals surface area contributed by atoms with E-state index in [-0.39, 0.29) is 0 Å². The summed E-state index contributed by atoms with van der Waals surface area (Å²) in [5, 5.41) is 0. The number of esters is 2. The lowest BCUT2D eigenvalue weighted by Crippen LogP contribution is -2.28. The molecule has 0 atom stereocenters. The van der Waals surface area contributed by atoms with E-state index in [1.165, 1.54) is 17.2 Å². The Morgan fingerprint density at radius 2 is 1.11 bits per heavy atom. The molecule has 0 N–H and O–H groups in total. The predicted molar refractivity (Wildman–Crippen MR) is 140 cm³/mol. The first-order valence-corrected chi connectivity index (χ1v) is 11.7. The molecule has 5 rings (SSSR count). The zero-order chi connectivity index (χ0) is 25.1. The van der Waals surface area contributed by atoms with Crippen LogP contribution in [0.1, 0.15) is 29.2 Å². The van der Waals surface area contributed by atoms with Gasteiger partial charge >= 0.3 is 11.9 Å². The number of ether oxygens (including phenoxy) is 2. The zero-order valence-corrected chi connectivity index (χ0v) is 19.8. The fraction of sp³-hybridized carbons (Fsp3) is 0.0625. The maximum atomic E-state index is 11.9. The molecule has 4 nitrogen and oxygen atoms in total. The number of benzene rings is 4. The molecule has 0 amide bonds. The number of rotatable bonds is 6. The smallest absolute Gasteiger partial charge is 0.335 e. The minimum absolute atomic E-state index is 0.416. The van der Waals surface area contributed by atoms with Crippen molar-refractivity contribution in [3.8, 4) is 22.6 Å². The standard InChI is InChI=1S/C32H24O4/c1-3-9-31(34)36-25-20-16-23(17-21-25)32(22-14-18-24(19-15-22)35-30(33)4-2)28-12-7-5-10-26(28)27-11-6-8-13-29(27)32/h3-21H,2H2,1H3/b9-3+. The average molecular weight is 473 g/mol. The monoisotopic (exact) mass is 472 g/mol. The number of carbonyl (C=O) groups excluding carboxylic acids is 2. The normalized spacial score (nSPS) is 13.0. The molecular formula is C32H24O4. The minimum Gasteiger partial charge on any atom is -0.423 e. The SMILES string of the molecule is C=CC(=O)Oc1ccc(C2(c3ccc(OC(=O)/C=C/C)cc3)c3ccccc3-c3ccccc32)cc1. The first kappa shape index (κ1) is 23.1.